The van der Waals surface area contributed by atoms with Crippen molar-refractivity contribution in [3.8, 4) is 77.9 Å². The number of benzene rings is 15. The van der Waals surface area contributed by atoms with Crippen LogP contribution < -0.4 is 19.6 Å². The van der Waals surface area contributed by atoms with Gasteiger partial charge in [-0.3, -0.25) is 0 Å². The van der Waals surface area contributed by atoms with Crippen molar-refractivity contribution in [1.29, 1.82) is 0 Å². The third-order valence-electron chi connectivity index (χ3n) is 20.2. The minimum atomic E-state index is 1.09. The van der Waals surface area contributed by atoms with Gasteiger partial charge in [0, 0.05) is 71.0 Å². The molecule has 4 heteroatoms. The average Bonchev–Trinajstić information content (AvgIpc) is 0.796. The SMILES string of the molecule is CN(c1ccccc1)c1ccc(-c2ccc(N(c3ccccc3)c3ccc(N(c4ccccc4)c4cccc(-c5cccc6c5CC6)c4)cc3)cc2)cc1.Cc1ccc(-c2cc(-c3ccc(N(C)c4cccc(-c5ccc6c(c5)CC6)c4)cc3)cc(-c3cccc(-c4ccccc4)c3)c2)cc1. The van der Waals surface area contributed by atoms with Crippen LogP contribution in [0.1, 0.15) is 27.8 Å². The molecule has 0 bridgehead atoms. The van der Waals surface area contributed by atoms with Crippen LogP contribution in [0.5, 0.6) is 0 Å². The zero-order valence-corrected chi connectivity index (χ0v) is 57.3. The Kier molecular flexibility index (Phi) is 17.9. The minimum Gasteiger partial charge on any atom is -0.345 e. The molecule has 0 saturated carbocycles. The van der Waals surface area contributed by atoms with Crippen LogP contribution >= 0.6 is 0 Å². The molecule has 15 aromatic rings. The Balaban J connectivity index is 0.000000158. The van der Waals surface area contributed by atoms with Gasteiger partial charge in [-0.1, -0.05) is 230 Å². The third-order valence-corrected chi connectivity index (χ3v) is 20.2. The van der Waals surface area contributed by atoms with Gasteiger partial charge < -0.3 is 19.6 Å². The van der Waals surface area contributed by atoms with E-state index in [0.717, 1.165) is 51.9 Å². The van der Waals surface area contributed by atoms with E-state index in [1.54, 1.807) is 0 Å². The summed E-state index contributed by atoms with van der Waals surface area (Å²) in [5, 5.41) is 0. The summed E-state index contributed by atoms with van der Waals surface area (Å²) < 4.78 is 0. The summed E-state index contributed by atoms with van der Waals surface area (Å²) in [5.41, 5.74) is 35.8. The average molecular weight is 1300 g/mol. The molecule has 0 aliphatic heterocycles. The second kappa shape index (κ2) is 28.5. The normalized spacial score (nSPS) is 11.8. The highest BCUT2D eigenvalue weighted by atomic mass is 15.2. The molecule has 0 heterocycles. The van der Waals surface area contributed by atoms with E-state index in [0.29, 0.717) is 0 Å². The van der Waals surface area contributed by atoms with Crippen molar-refractivity contribution >= 4 is 56.9 Å². The van der Waals surface area contributed by atoms with E-state index in [4.69, 9.17) is 0 Å². The van der Waals surface area contributed by atoms with E-state index < -0.39 is 0 Å². The van der Waals surface area contributed by atoms with Crippen molar-refractivity contribution in [3.63, 3.8) is 0 Å². The Labute approximate surface area is 595 Å². The molecule has 0 radical (unpaired) electrons. The van der Waals surface area contributed by atoms with Gasteiger partial charge in [-0.2, -0.15) is 0 Å². The molecule has 2 aliphatic carbocycles. The third kappa shape index (κ3) is 13.6. The smallest absolute Gasteiger partial charge is 0.0467 e. The fourth-order valence-electron chi connectivity index (χ4n) is 14.3. The number of aryl methyl sites for hydroxylation is 4. The molecule has 0 unspecified atom stereocenters. The number of hydrogen-bond acceptors (Lipinski definition) is 4. The van der Waals surface area contributed by atoms with Gasteiger partial charge in [0.05, 0.1) is 0 Å². The summed E-state index contributed by atoms with van der Waals surface area (Å²) in [4.78, 5) is 9.16. The molecule has 0 spiro atoms. The standard InChI is InChI=1S/C51H41N3.C46H37N/c1-52(42-15-5-2-6-16-42)43-28-23-38(24-29-43)39-25-30-46(31-26-39)53(44-17-7-3-8-18-44)47-32-34-48(35-33-47)54(45-19-9-4-10-20-45)49-21-11-14-41(37-49)50-22-12-13-40-27-36-51(40)50;1-32-14-16-35(17-15-32)42-28-43(30-44(29-42)38-11-6-10-37(26-38)33-8-4-3-5-9-33)36-22-24-45(25-23-36)47(2)46-13-7-12-39(31-46)41-21-19-34-18-20-40(34)27-41/h2-26,28-35,37H,27,36H2,1H3;3-17,19,21-31H,18,20H2,1-2H3. The molecule has 0 N–H and O–H groups in total. The Morgan fingerprint density at radius 2 is 0.505 bits per heavy atom. The second-order valence-electron chi connectivity index (χ2n) is 26.6. The summed E-state index contributed by atoms with van der Waals surface area (Å²) in [7, 11) is 4.26. The first kappa shape index (κ1) is 63.3. The first-order valence-electron chi connectivity index (χ1n) is 35.2. The molecule has 486 valence electrons. The van der Waals surface area contributed by atoms with E-state index in [2.05, 4.69) is 405 Å². The molecule has 0 atom stereocenters. The molecular weight excluding hydrogens is 1220 g/mol. The van der Waals surface area contributed by atoms with Crippen molar-refractivity contribution in [2.24, 2.45) is 0 Å². The molecule has 2 aliphatic rings. The lowest BCUT2D eigenvalue weighted by Gasteiger charge is -2.29. The number of hydrogen-bond donors (Lipinski definition) is 0. The molecule has 4 nitrogen and oxygen atoms in total. The zero-order chi connectivity index (χ0) is 68.0. The first-order valence-corrected chi connectivity index (χ1v) is 35.2. The largest absolute Gasteiger partial charge is 0.345 e. The lowest BCUT2D eigenvalue weighted by atomic mass is 9.82. The van der Waals surface area contributed by atoms with Crippen molar-refractivity contribution in [2.45, 2.75) is 32.6 Å². The molecular formula is C97H78N4. The van der Waals surface area contributed by atoms with Gasteiger partial charge in [-0.15, -0.1) is 0 Å². The summed E-state index contributed by atoms with van der Waals surface area (Å²) in [6.07, 6.45) is 4.75. The summed E-state index contributed by atoms with van der Waals surface area (Å²) >= 11 is 0. The fourth-order valence-corrected chi connectivity index (χ4v) is 14.3. The first-order chi connectivity index (χ1) is 49.8. The van der Waals surface area contributed by atoms with E-state index in [1.165, 1.54) is 136 Å². The van der Waals surface area contributed by atoms with Crippen LogP contribution in [0.3, 0.4) is 0 Å². The number of anilines is 10. The second-order valence-corrected chi connectivity index (χ2v) is 26.6. The van der Waals surface area contributed by atoms with Crippen LogP contribution in [-0.2, 0) is 25.7 Å². The van der Waals surface area contributed by atoms with Crippen LogP contribution in [0.4, 0.5) is 56.9 Å². The van der Waals surface area contributed by atoms with E-state index in [9.17, 15) is 0 Å². The van der Waals surface area contributed by atoms with Crippen LogP contribution in [0, 0.1) is 6.92 Å². The van der Waals surface area contributed by atoms with Gasteiger partial charge in [0.25, 0.3) is 0 Å². The Bertz CT molecular complexity index is 5340. The monoisotopic (exact) mass is 1300 g/mol. The Morgan fingerprint density at radius 1 is 0.188 bits per heavy atom. The molecule has 0 fully saturated rings. The maximum atomic E-state index is 2.36. The summed E-state index contributed by atoms with van der Waals surface area (Å²) in [6, 6.07) is 134. The molecule has 101 heavy (non-hydrogen) atoms. The van der Waals surface area contributed by atoms with Crippen LogP contribution in [0.2, 0.25) is 0 Å². The van der Waals surface area contributed by atoms with Crippen molar-refractivity contribution in [2.75, 3.05) is 33.7 Å². The Morgan fingerprint density at radius 3 is 1.03 bits per heavy atom. The van der Waals surface area contributed by atoms with Gasteiger partial charge >= 0.3 is 0 Å². The highest BCUT2D eigenvalue weighted by molar-refractivity contribution is 5.87. The number of fused-ring (bicyclic) bond motifs is 2. The number of nitrogens with zero attached hydrogens (tertiary/aromatic N) is 4. The topological polar surface area (TPSA) is 13.0 Å². The maximum absolute atomic E-state index is 2.36. The molecule has 17 rings (SSSR count). The summed E-state index contributed by atoms with van der Waals surface area (Å²) in [6.45, 7) is 2.14. The molecule has 0 aromatic heterocycles. The lowest BCUT2D eigenvalue weighted by Crippen LogP contribution is -2.12. The van der Waals surface area contributed by atoms with Gasteiger partial charge in [0.2, 0.25) is 0 Å². The van der Waals surface area contributed by atoms with Crippen LogP contribution in [0.15, 0.2) is 370 Å². The van der Waals surface area contributed by atoms with Crippen molar-refractivity contribution < 1.29 is 0 Å². The maximum Gasteiger partial charge on any atom is 0.0467 e. The van der Waals surface area contributed by atoms with Crippen LogP contribution in [0.25, 0.3) is 77.9 Å². The Hall–Kier alpha value is -12.5. The van der Waals surface area contributed by atoms with Gasteiger partial charge in [0.1, 0.15) is 0 Å². The van der Waals surface area contributed by atoms with E-state index >= 15 is 0 Å². The fraction of sp³-hybridized carbons (Fsp3) is 0.0722. The van der Waals surface area contributed by atoms with Crippen molar-refractivity contribution in [3.05, 3.63) is 398 Å². The summed E-state index contributed by atoms with van der Waals surface area (Å²) in [5.74, 6) is 0. The number of rotatable bonds is 17. The predicted octanol–water partition coefficient (Wildman–Crippen LogP) is 26.0. The van der Waals surface area contributed by atoms with E-state index in [-0.39, 0.29) is 0 Å². The van der Waals surface area contributed by atoms with Crippen LogP contribution in [-0.4, -0.2) is 14.1 Å². The lowest BCUT2D eigenvalue weighted by molar-refractivity contribution is 0.840. The highest BCUT2D eigenvalue weighted by Crippen LogP contribution is 2.44. The number of para-hydroxylation sites is 3. The van der Waals surface area contributed by atoms with E-state index in [1.807, 2.05) is 6.07 Å². The highest BCUT2D eigenvalue weighted by Gasteiger charge is 2.22. The molecule has 15 aromatic carbocycles. The quantitative estimate of drug-likeness (QED) is 0.0901. The predicted molar refractivity (Wildman–Crippen MR) is 429 cm³/mol. The van der Waals surface area contributed by atoms with Gasteiger partial charge in [-0.25, -0.2) is 0 Å². The van der Waals surface area contributed by atoms with Gasteiger partial charge in [0.15, 0.2) is 0 Å². The zero-order valence-electron chi connectivity index (χ0n) is 57.3. The van der Waals surface area contributed by atoms with Gasteiger partial charge in [-0.05, 0) is 278 Å². The minimum absolute atomic E-state index is 1.09. The molecule has 0 amide bonds. The molecule has 0 saturated heterocycles. The van der Waals surface area contributed by atoms with Crippen molar-refractivity contribution in [1.82, 2.24) is 0 Å².